The first kappa shape index (κ1) is 13.7. The second kappa shape index (κ2) is 7.04. The predicted octanol–water partition coefficient (Wildman–Crippen LogP) is 2.70. The van der Waals surface area contributed by atoms with Gasteiger partial charge in [-0.05, 0) is 48.3 Å². The number of hydrogen-bond acceptors (Lipinski definition) is 4. The monoisotopic (exact) mass is 312 g/mol. The number of rotatable bonds is 6. The Bertz CT molecular complexity index is 377. The molecular formula is C13H21BrN4. The normalized spacial score (nSPS) is 16.1. The lowest BCUT2D eigenvalue weighted by Gasteiger charge is -2.15. The van der Waals surface area contributed by atoms with E-state index in [-0.39, 0.29) is 0 Å². The largest absolute Gasteiger partial charge is 0.369 e. The molecule has 0 atom stereocenters. The van der Waals surface area contributed by atoms with Crippen LogP contribution >= 0.6 is 15.9 Å². The van der Waals surface area contributed by atoms with Crippen molar-refractivity contribution in [2.75, 3.05) is 31.5 Å². The van der Waals surface area contributed by atoms with Gasteiger partial charge < -0.3 is 10.2 Å². The van der Waals surface area contributed by atoms with Gasteiger partial charge >= 0.3 is 0 Å². The summed E-state index contributed by atoms with van der Waals surface area (Å²) in [7, 11) is 0. The number of aryl methyl sites for hydroxylation is 1. The third-order valence-electron chi connectivity index (χ3n) is 3.15. The van der Waals surface area contributed by atoms with Crippen molar-refractivity contribution in [1.82, 2.24) is 14.9 Å². The quantitative estimate of drug-likeness (QED) is 0.820. The van der Waals surface area contributed by atoms with E-state index in [0.29, 0.717) is 0 Å². The van der Waals surface area contributed by atoms with Crippen LogP contribution < -0.4 is 5.32 Å². The molecule has 2 heterocycles. The summed E-state index contributed by atoms with van der Waals surface area (Å²) in [6.45, 7) is 6.69. The Hall–Kier alpha value is -0.680. The Morgan fingerprint density at radius 3 is 2.83 bits per heavy atom. The average Bonchev–Trinajstić information content (AvgIpc) is 2.82. The molecule has 1 N–H and O–H groups in total. The van der Waals surface area contributed by atoms with Crippen molar-refractivity contribution in [2.24, 2.45) is 0 Å². The van der Waals surface area contributed by atoms with Gasteiger partial charge in [-0.25, -0.2) is 9.97 Å². The van der Waals surface area contributed by atoms with Crippen LogP contribution in [-0.2, 0) is 6.42 Å². The van der Waals surface area contributed by atoms with Crippen molar-refractivity contribution in [1.29, 1.82) is 0 Å². The SMILES string of the molecule is CCCc1nc(Br)cc(NCCN2CCCC2)n1. The highest BCUT2D eigenvalue weighted by molar-refractivity contribution is 9.10. The molecule has 0 unspecified atom stereocenters. The Balaban J connectivity index is 1.83. The molecule has 1 aliphatic rings. The van der Waals surface area contributed by atoms with Crippen LogP contribution in [0.3, 0.4) is 0 Å². The molecule has 0 amide bonds. The molecule has 1 aromatic heterocycles. The van der Waals surface area contributed by atoms with Gasteiger partial charge in [-0.15, -0.1) is 0 Å². The van der Waals surface area contributed by atoms with E-state index in [1.165, 1.54) is 25.9 Å². The van der Waals surface area contributed by atoms with Crippen LogP contribution in [-0.4, -0.2) is 41.0 Å². The maximum absolute atomic E-state index is 4.52. The van der Waals surface area contributed by atoms with Gasteiger partial charge in [0.25, 0.3) is 0 Å². The summed E-state index contributed by atoms with van der Waals surface area (Å²) in [5.41, 5.74) is 0. The first-order valence-electron chi connectivity index (χ1n) is 6.77. The molecule has 1 aromatic rings. The smallest absolute Gasteiger partial charge is 0.132 e. The molecule has 1 aliphatic heterocycles. The molecule has 18 heavy (non-hydrogen) atoms. The van der Waals surface area contributed by atoms with Crippen LogP contribution in [0.5, 0.6) is 0 Å². The summed E-state index contributed by atoms with van der Waals surface area (Å²) in [5.74, 6) is 1.84. The molecule has 100 valence electrons. The molecule has 0 spiro atoms. The Morgan fingerprint density at radius 1 is 1.33 bits per heavy atom. The summed E-state index contributed by atoms with van der Waals surface area (Å²) in [6.07, 6.45) is 4.70. The zero-order valence-corrected chi connectivity index (χ0v) is 12.5. The Kier molecular flexibility index (Phi) is 5.38. The summed E-state index contributed by atoms with van der Waals surface area (Å²) in [5, 5.41) is 3.39. The van der Waals surface area contributed by atoms with E-state index >= 15 is 0 Å². The molecule has 0 radical (unpaired) electrons. The van der Waals surface area contributed by atoms with E-state index in [1.54, 1.807) is 0 Å². The second-order valence-electron chi connectivity index (χ2n) is 4.72. The van der Waals surface area contributed by atoms with E-state index < -0.39 is 0 Å². The van der Waals surface area contributed by atoms with Crippen LogP contribution in [0.15, 0.2) is 10.7 Å². The molecule has 1 fully saturated rings. The maximum atomic E-state index is 4.52. The highest BCUT2D eigenvalue weighted by Crippen LogP contribution is 2.13. The molecule has 0 aliphatic carbocycles. The minimum Gasteiger partial charge on any atom is -0.369 e. The lowest BCUT2D eigenvalue weighted by atomic mass is 10.3. The number of likely N-dealkylation sites (tertiary alicyclic amines) is 1. The topological polar surface area (TPSA) is 41.1 Å². The Morgan fingerprint density at radius 2 is 2.11 bits per heavy atom. The second-order valence-corrected chi connectivity index (χ2v) is 5.53. The molecular weight excluding hydrogens is 292 g/mol. The first-order valence-corrected chi connectivity index (χ1v) is 7.57. The van der Waals surface area contributed by atoms with E-state index in [1.807, 2.05) is 6.07 Å². The fraction of sp³-hybridized carbons (Fsp3) is 0.692. The number of hydrogen-bond donors (Lipinski definition) is 1. The molecule has 5 heteroatoms. The van der Waals surface area contributed by atoms with Crippen molar-refractivity contribution in [3.05, 3.63) is 16.5 Å². The van der Waals surface area contributed by atoms with Crippen molar-refractivity contribution in [3.63, 3.8) is 0 Å². The van der Waals surface area contributed by atoms with Gasteiger partial charge in [0.2, 0.25) is 0 Å². The lowest BCUT2D eigenvalue weighted by molar-refractivity contribution is 0.352. The van der Waals surface area contributed by atoms with Crippen LogP contribution in [0, 0.1) is 0 Å². The number of nitrogens with one attached hydrogen (secondary N) is 1. The molecule has 0 bridgehead atoms. The summed E-state index contributed by atoms with van der Waals surface area (Å²) >= 11 is 3.44. The standard InChI is InChI=1S/C13H21BrN4/c1-2-5-12-16-11(14)10-13(17-12)15-6-9-18-7-3-4-8-18/h10H,2-9H2,1H3,(H,15,16,17). The fourth-order valence-corrected chi connectivity index (χ4v) is 2.66. The maximum Gasteiger partial charge on any atom is 0.132 e. The van der Waals surface area contributed by atoms with Gasteiger partial charge in [0, 0.05) is 25.6 Å². The molecule has 0 aromatic carbocycles. The molecule has 1 saturated heterocycles. The molecule has 0 saturated carbocycles. The zero-order valence-electron chi connectivity index (χ0n) is 11.0. The minimum atomic E-state index is 0.865. The van der Waals surface area contributed by atoms with E-state index in [2.05, 4.69) is 43.0 Å². The van der Waals surface area contributed by atoms with Gasteiger partial charge in [0.15, 0.2) is 0 Å². The molecule has 4 nitrogen and oxygen atoms in total. The molecule has 2 rings (SSSR count). The van der Waals surface area contributed by atoms with E-state index in [4.69, 9.17) is 0 Å². The Labute approximate surface area is 117 Å². The van der Waals surface area contributed by atoms with E-state index in [9.17, 15) is 0 Å². The highest BCUT2D eigenvalue weighted by Gasteiger charge is 2.10. The van der Waals surface area contributed by atoms with Crippen molar-refractivity contribution in [2.45, 2.75) is 32.6 Å². The van der Waals surface area contributed by atoms with Crippen LogP contribution in [0.2, 0.25) is 0 Å². The summed E-state index contributed by atoms with van der Waals surface area (Å²) in [4.78, 5) is 11.4. The number of aromatic nitrogens is 2. The van der Waals surface area contributed by atoms with Crippen LogP contribution in [0.1, 0.15) is 32.0 Å². The van der Waals surface area contributed by atoms with Gasteiger partial charge in [0.05, 0.1) is 0 Å². The van der Waals surface area contributed by atoms with Gasteiger partial charge in [-0.3, -0.25) is 0 Å². The summed E-state index contributed by atoms with van der Waals surface area (Å²) < 4.78 is 0.865. The van der Waals surface area contributed by atoms with Crippen LogP contribution in [0.4, 0.5) is 5.82 Å². The fourth-order valence-electron chi connectivity index (χ4n) is 2.24. The predicted molar refractivity (Wildman–Crippen MR) is 77.9 cm³/mol. The third kappa shape index (κ3) is 4.21. The highest BCUT2D eigenvalue weighted by atomic mass is 79.9. The van der Waals surface area contributed by atoms with Crippen LogP contribution in [0.25, 0.3) is 0 Å². The zero-order chi connectivity index (χ0) is 12.8. The van der Waals surface area contributed by atoms with E-state index in [0.717, 1.165) is 42.2 Å². The number of halogens is 1. The first-order chi connectivity index (χ1) is 8.78. The summed E-state index contributed by atoms with van der Waals surface area (Å²) in [6, 6.07) is 1.95. The van der Waals surface area contributed by atoms with Crippen molar-refractivity contribution >= 4 is 21.7 Å². The number of anilines is 1. The van der Waals surface area contributed by atoms with Gasteiger partial charge in [-0.1, -0.05) is 6.92 Å². The third-order valence-corrected chi connectivity index (χ3v) is 3.55. The van der Waals surface area contributed by atoms with Gasteiger partial charge in [0.1, 0.15) is 16.2 Å². The minimum absolute atomic E-state index is 0.865. The van der Waals surface area contributed by atoms with Crippen molar-refractivity contribution in [3.8, 4) is 0 Å². The average molecular weight is 313 g/mol. The van der Waals surface area contributed by atoms with Crippen molar-refractivity contribution < 1.29 is 0 Å². The lowest BCUT2D eigenvalue weighted by Crippen LogP contribution is -2.26. The number of nitrogens with zero attached hydrogens (tertiary/aromatic N) is 3. The van der Waals surface area contributed by atoms with Gasteiger partial charge in [-0.2, -0.15) is 0 Å².